The molecule has 5 heteroatoms. The Morgan fingerprint density at radius 3 is 2.50 bits per heavy atom. The van der Waals surface area contributed by atoms with Crippen molar-refractivity contribution in [3.63, 3.8) is 0 Å². The summed E-state index contributed by atoms with van der Waals surface area (Å²) >= 11 is 3.23. The van der Waals surface area contributed by atoms with E-state index >= 15 is 0 Å². The van der Waals surface area contributed by atoms with E-state index in [0.29, 0.717) is 19.0 Å². The van der Waals surface area contributed by atoms with Gasteiger partial charge < -0.3 is 4.90 Å². The molecule has 0 atom stereocenters. The molecule has 0 spiro atoms. The number of halogens is 2. The molecule has 1 aliphatic heterocycles. The summed E-state index contributed by atoms with van der Waals surface area (Å²) in [5.41, 5.74) is 0. The van der Waals surface area contributed by atoms with E-state index in [1.165, 1.54) is 0 Å². The fourth-order valence-corrected chi connectivity index (χ4v) is 1.26. The summed E-state index contributed by atoms with van der Waals surface area (Å²) in [5, 5.41) is 0. The highest BCUT2D eigenvalue weighted by Crippen LogP contribution is 2.18. The fraction of sp³-hybridized carbons (Fsp3) is 0.429. The molecule has 2 rings (SSSR count). The van der Waals surface area contributed by atoms with Crippen molar-refractivity contribution in [1.29, 1.82) is 0 Å². The molecule has 1 saturated heterocycles. The average molecular weight is 232 g/mol. The maximum absolute atomic E-state index is 12.4. The molecule has 0 aliphatic carbocycles. The lowest BCUT2D eigenvalue weighted by Gasteiger charge is -2.33. The maximum atomic E-state index is 12.4. The van der Waals surface area contributed by atoms with Gasteiger partial charge in [-0.05, 0) is 15.9 Å². The van der Waals surface area contributed by atoms with Crippen LogP contribution < -0.4 is 4.90 Å². The van der Waals surface area contributed by atoms with Crippen LogP contribution in [0.15, 0.2) is 16.9 Å². The Hall–Kier alpha value is -0.710. The lowest BCUT2D eigenvalue weighted by atomic mass is 10.2. The second-order valence-corrected chi connectivity index (χ2v) is 3.62. The van der Waals surface area contributed by atoms with Gasteiger partial charge >= 0.3 is 0 Å². The zero-order valence-electron chi connectivity index (χ0n) is 6.24. The zero-order chi connectivity index (χ0) is 8.55. The van der Waals surface area contributed by atoms with Crippen molar-refractivity contribution in [3.05, 3.63) is 16.9 Å². The minimum atomic E-state index is -0.711. The largest absolute Gasteiger partial charge is 0.335 e. The Balaban J connectivity index is 2.09. The second kappa shape index (κ2) is 2.97. The van der Waals surface area contributed by atoms with E-state index in [9.17, 15) is 4.39 Å². The molecular formula is C7H7BrFN3. The summed E-state index contributed by atoms with van der Waals surface area (Å²) in [6.45, 7) is 0.837. The molecule has 0 bridgehead atoms. The number of rotatable bonds is 1. The fourth-order valence-electron chi connectivity index (χ4n) is 1.06. The summed E-state index contributed by atoms with van der Waals surface area (Å²) in [4.78, 5) is 9.87. The molecular weight excluding hydrogens is 225 g/mol. The van der Waals surface area contributed by atoms with Crippen molar-refractivity contribution >= 4 is 21.9 Å². The average Bonchev–Trinajstić information content (AvgIpc) is 2.01. The number of hydrogen-bond acceptors (Lipinski definition) is 3. The molecule has 12 heavy (non-hydrogen) atoms. The van der Waals surface area contributed by atoms with Crippen LogP contribution in [-0.2, 0) is 0 Å². The number of hydrogen-bond donors (Lipinski definition) is 0. The zero-order valence-corrected chi connectivity index (χ0v) is 7.83. The highest BCUT2D eigenvalue weighted by Gasteiger charge is 2.27. The molecule has 1 aromatic rings. The normalized spacial score (nSPS) is 17.7. The molecule has 0 aromatic carbocycles. The summed E-state index contributed by atoms with van der Waals surface area (Å²) < 4.78 is 13.3. The summed E-state index contributed by atoms with van der Waals surface area (Å²) in [5.74, 6) is 0.604. The van der Waals surface area contributed by atoms with E-state index in [2.05, 4.69) is 25.9 Å². The Bertz CT molecular complexity index is 270. The van der Waals surface area contributed by atoms with E-state index in [1.54, 1.807) is 17.3 Å². The molecule has 3 nitrogen and oxygen atoms in total. The smallest absolute Gasteiger partial charge is 0.225 e. The van der Waals surface area contributed by atoms with Gasteiger partial charge in [-0.2, -0.15) is 0 Å². The van der Waals surface area contributed by atoms with Crippen molar-refractivity contribution in [2.75, 3.05) is 18.0 Å². The van der Waals surface area contributed by atoms with Crippen LogP contribution in [-0.4, -0.2) is 29.2 Å². The van der Waals surface area contributed by atoms with E-state index < -0.39 is 6.17 Å². The molecule has 1 aromatic heterocycles. The van der Waals surface area contributed by atoms with Gasteiger partial charge in [0.2, 0.25) is 5.95 Å². The van der Waals surface area contributed by atoms with E-state index in [-0.39, 0.29) is 0 Å². The first-order valence-corrected chi connectivity index (χ1v) is 4.41. The van der Waals surface area contributed by atoms with Crippen LogP contribution in [0.25, 0.3) is 0 Å². The van der Waals surface area contributed by atoms with Gasteiger partial charge in [0.25, 0.3) is 0 Å². The van der Waals surface area contributed by atoms with Gasteiger partial charge in [0.15, 0.2) is 0 Å². The highest BCUT2D eigenvalue weighted by atomic mass is 79.9. The molecule has 0 saturated carbocycles. The lowest BCUT2D eigenvalue weighted by molar-refractivity contribution is 0.272. The molecule has 0 radical (unpaired) electrons. The standard InChI is InChI=1S/C7H7BrFN3/c8-5-1-10-7(11-2-5)12-3-6(9)4-12/h1-2,6H,3-4H2. The van der Waals surface area contributed by atoms with Crippen molar-refractivity contribution in [2.45, 2.75) is 6.17 Å². The van der Waals surface area contributed by atoms with Gasteiger partial charge in [-0.25, -0.2) is 14.4 Å². The molecule has 0 amide bonds. The third-order valence-corrected chi connectivity index (χ3v) is 2.14. The molecule has 0 N–H and O–H groups in total. The van der Waals surface area contributed by atoms with E-state index in [4.69, 9.17) is 0 Å². The number of aromatic nitrogens is 2. The highest BCUT2D eigenvalue weighted by molar-refractivity contribution is 9.10. The molecule has 1 fully saturated rings. The first-order chi connectivity index (χ1) is 5.75. The summed E-state index contributed by atoms with van der Waals surface area (Å²) in [6.07, 6.45) is 2.61. The Labute approximate surface area is 77.8 Å². The van der Waals surface area contributed by atoms with Crippen LogP contribution in [0.3, 0.4) is 0 Å². The van der Waals surface area contributed by atoms with Crippen LogP contribution in [0.2, 0.25) is 0 Å². The minimum Gasteiger partial charge on any atom is -0.335 e. The topological polar surface area (TPSA) is 29.0 Å². The Morgan fingerprint density at radius 1 is 1.42 bits per heavy atom. The van der Waals surface area contributed by atoms with Gasteiger partial charge in [-0.1, -0.05) is 0 Å². The van der Waals surface area contributed by atoms with Crippen LogP contribution in [0.4, 0.5) is 10.3 Å². The first-order valence-electron chi connectivity index (χ1n) is 3.62. The van der Waals surface area contributed by atoms with Crippen LogP contribution >= 0.6 is 15.9 Å². The summed E-state index contributed by atoms with van der Waals surface area (Å²) in [7, 11) is 0. The predicted octanol–water partition coefficient (Wildman–Crippen LogP) is 1.40. The third kappa shape index (κ3) is 1.41. The second-order valence-electron chi connectivity index (χ2n) is 2.70. The van der Waals surface area contributed by atoms with Gasteiger partial charge in [0.05, 0.1) is 17.6 Å². The van der Waals surface area contributed by atoms with E-state index in [0.717, 1.165) is 4.47 Å². The Morgan fingerprint density at radius 2 is 2.00 bits per heavy atom. The van der Waals surface area contributed by atoms with Crippen molar-refractivity contribution in [2.24, 2.45) is 0 Å². The van der Waals surface area contributed by atoms with Gasteiger partial charge in [-0.15, -0.1) is 0 Å². The number of nitrogens with zero attached hydrogens (tertiary/aromatic N) is 3. The monoisotopic (exact) mass is 231 g/mol. The van der Waals surface area contributed by atoms with Gasteiger partial charge in [-0.3, -0.25) is 0 Å². The molecule has 2 heterocycles. The van der Waals surface area contributed by atoms with Crippen LogP contribution in [0.5, 0.6) is 0 Å². The number of alkyl halides is 1. The first kappa shape index (κ1) is 7.91. The van der Waals surface area contributed by atoms with Gasteiger partial charge in [0.1, 0.15) is 6.17 Å². The lowest BCUT2D eigenvalue weighted by Crippen LogP contribution is -2.49. The van der Waals surface area contributed by atoms with Crippen LogP contribution in [0.1, 0.15) is 0 Å². The molecule has 0 unspecified atom stereocenters. The van der Waals surface area contributed by atoms with Crippen LogP contribution in [0, 0.1) is 0 Å². The number of anilines is 1. The molecule has 1 aliphatic rings. The van der Waals surface area contributed by atoms with Gasteiger partial charge in [0, 0.05) is 12.4 Å². The molecule has 64 valence electrons. The maximum Gasteiger partial charge on any atom is 0.225 e. The van der Waals surface area contributed by atoms with Crippen molar-refractivity contribution < 1.29 is 4.39 Å². The third-order valence-electron chi connectivity index (χ3n) is 1.73. The van der Waals surface area contributed by atoms with Crippen molar-refractivity contribution in [3.8, 4) is 0 Å². The quantitative estimate of drug-likeness (QED) is 0.732. The predicted molar refractivity (Wildman–Crippen MR) is 46.8 cm³/mol. The minimum absolute atomic E-state index is 0.418. The summed E-state index contributed by atoms with van der Waals surface area (Å²) in [6, 6.07) is 0. The Kier molecular flexibility index (Phi) is 1.96. The van der Waals surface area contributed by atoms with E-state index in [1.807, 2.05) is 0 Å². The van der Waals surface area contributed by atoms with Crippen molar-refractivity contribution in [1.82, 2.24) is 9.97 Å². The SMILES string of the molecule is FC1CN(c2ncc(Br)cn2)C1.